The first kappa shape index (κ1) is 15.4. The minimum atomic E-state index is -0.419. The van der Waals surface area contributed by atoms with E-state index in [-0.39, 0.29) is 5.69 Å². The van der Waals surface area contributed by atoms with Gasteiger partial charge in [0.1, 0.15) is 12.4 Å². The molecule has 0 saturated carbocycles. The lowest BCUT2D eigenvalue weighted by Crippen LogP contribution is -2.25. The van der Waals surface area contributed by atoms with Crippen LogP contribution in [-0.4, -0.2) is 24.6 Å². The van der Waals surface area contributed by atoms with Crippen molar-refractivity contribution in [2.75, 3.05) is 19.7 Å². The van der Waals surface area contributed by atoms with Gasteiger partial charge in [-0.15, -0.1) is 0 Å². The first-order chi connectivity index (χ1) is 8.88. The summed E-state index contributed by atoms with van der Waals surface area (Å²) in [5.41, 5.74) is 0.419. The summed E-state index contributed by atoms with van der Waals surface area (Å²) in [6.07, 6.45) is 1.12. The molecule has 0 unspecified atom stereocenters. The number of non-ortho nitro benzene ring substituents is 1. The number of rotatable bonds is 7. The van der Waals surface area contributed by atoms with Crippen molar-refractivity contribution in [3.8, 4) is 5.75 Å². The molecule has 0 fully saturated rings. The number of hydrogen-bond donors (Lipinski definition) is 1. The summed E-state index contributed by atoms with van der Waals surface area (Å²) >= 11 is 0. The Labute approximate surface area is 114 Å². The first-order valence-electron chi connectivity index (χ1n) is 6.46. The standard InChI is InChI=1S/C14H22N2O3/c1-14(2,3)8-9-15-10-11-19-13-6-4-12(5-7-13)16(17)18/h4-7,15H,8-11H2,1-3H3. The van der Waals surface area contributed by atoms with Crippen molar-refractivity contribution in [3.05, 3.63) is 34.4 Å². The Morgan fingerprint density at radius 1 is 1.21 bits per heavy atom. The minimum Gasteiger partial charge on any atom is -0.492 e. The topological polar surface area (TPSA) is 64.4 Å². The van der Waals surface area contributed by atoms with Gasteiger partial charge in [0, 0.05) is 18.7 Å². The lowest BCUT2D eigenvalue weighted by molar-refractivity contribution is -0.384. The molecule has 106 valence electrons. The Morgan fingerprint density at radius 2 is 1.84 bits per heavy atom. The summed E-state index contributed by atoms with van der Waals surface area (Å²) in [6.45, 7) is 8.92. The molecule has 1 aromatic carbocycles. The van der Waals surface area contributed by atoms with E-state index in [9.17, 15) is 10.1 Å². The minimum absolute atomic E-state index is 0.0793. The van der Waals surface area contributed by atoms with Crippen LogP contribution in [0.15, 0.2) is 24.3 Å². The third kappa shape index (κ3) is 6.76. The lowest BCUT2D eigenvalue weighted by atomic mass is 9.92. The number of nitrogens with one attached hydrogen (secondary N) is 1. The summed E-state index contributed by atoms with van der Waals surface area (Å²) in [4.78, 5) is 10.1. The molecule has 1 rings (SSSR count). The molecule has 1 N–H and O–H groups in total. The third-order valence-corrected chi connectivity index (χ3v) is 2.65. The second-order valence-electron chi connectivity index (χ2n) is 5.66. The van der Waals surface area contributed by atoms with Crippen molar-refractivity contribution in [2.24, 2.45) is 5.41 Å². The first-order valence-corrected chi connectivity index (χ1v) is 6.46. The van der Waals surface area contributed by atoms with Crippen LogP contribution in [0.4, 0.5) is 5.69 Å². The molecule has 0 saturated heterocycles. The van der Waals surface area contributed by atoms with Crippen LogP contribution in [0.25, 0.3) is 0 Å². The third-order valence-electron chi connectivity index (χ3n) is 2.65. The largest absolute Gasteiger partial charge is 0.492 e. The van der Waals surface area contributed by atoms with Crippen molar-refractivity contribution in [1.29, 1.82) is 0 Å². The van der Waals surface area contributed by atoms with Gasteiger partial charge in [0.15, 0.2) is 0 Å². The van der Waals surface area contributed by atoms with Gasteiger partial charge in [0.05, 0.1) is 4.92 Å². The zero-order valence-corrected chi connectivity index (χ0v) is 11.8. The molecule has 19 heavy (non-hydrogen) atoms. The number of nitro benzene ring substituents is 1. The van der Waals surface area contributed by atoms with Gasteiger partial charge in [0.25, 0.3) is 5.69 Å². The quantitative estimate of drug-likeness (QED) is 0.468. The SMILES string of the molecule is CC(C)(C)CCNCCOc1ccc([N+](=O)[O-])cc1. The maximum absolute atomic E-state index is 10.5. The molecule has 0 aliphatic carbocycles. The number of nitrogens with zero attached hydrogens (tertiary/aromatic N) is 1. The van der Waals surface area contributed by atoms with E-state index in [1.165, 1.54) is 12.1 Å². The van der Waals surface area contributed by atoms with Gasteiger partial charge >= 0.3 is 0 Å². The van der Waals surface area contributed by atoms with E-state index in [4.69, 9.17) is 4.74 Å². The molecular weight excluding hydrogens is 244 g/mol. The highest BCUT2D eigenvalue weighted by Crippen LogP contribution is 2.17. The molecule has 0 aliphatic rings. The van der Waals surface area contributed by atoms with E-state index < -0.39 is 4.92 Å². The predicted octanol–water partition coefficient (Wildman–Crippen LogP) is 3.00. The molecule has 1 aromatic rings. The number of benzene rings is 1. The fourth-order valence-corrected chi connectivity index (χ4v) is 1.49. The number of hydrogen-bond acceptors (Lipinski definition) is 4. The molecule has 0 aliphatic heterocycles. The highest BCUT2D eigenvalue weighted by molar-refractivity contribution is 5.35. The Hall–Kier alpha value is -1.62. The monoisotopic (exact) mass is 266 g/mol. The van der Waals surface area contributed by atoms with Gasteiger partial charge in [-0.2, -0.15) is 0 Å². The molecule has 0 spiro atoms. The van der Waals surface area contributed by atoms with E-state index >= 15 is 0 Å². The van der Waals surface area contributed by atoms with E-state index in [0.29, 0.717) is 17.8 Å². The van der Waals surface area contributed by atoms with Crippen LogP contribution in [0.1, 0.15) is 27.2 Å². The van der Waals surface area contributed by atoms with Crippen LogP contribution in [-0.2, 0) is 0 Å². The van der Waals surface area contributed by atoms with Gasteiger partial charge in [-0.25, -0.2) is 0 Å². The van der Waals surface area contributed by atoms with Gasteiger partial charge < -0.3 is 10.1 Å². The summed E-state index contributed by atoms with van der Waals surface area (Å²) < 4.78 is 5.49. The maximum atomic E-state index is 10.5. The Morgan fingerprint density at radius 3 is 2.37 bits per heavy atom. The van der Waals surface area contributed by atoms with Crippen LogP contribution < -0.4 is 10.1 Å². The smallest absolute Gasteiger partial charge is 0.269 e. The predicted molar refractivity (Wildman–Crippen MR) is 75.5 cm³/mol. The van der Waals surface area contributed by atoms with E-state index in [1.54, 1.807) is 12.1 Å². The van der Waals surface area contributed by atoms with Crippen molar-refractivity contribution < 1.29 is 9.66 Å². The molecule has 0 atom stereocenters. The average molecular weight is 266 g/mol. The number of nitro groups is 1. The Kier molecular flexibility index (Phi) is 5.76. The molecule has 0 aromatic heterocycles. The van der Waals surface area contributed by atoms with Gasteiger partial charge in [-0.3, -0.25) is 10.1 Å². The fourth-order valence-electron chi connectivity index (χ4n) is 1.49. The molecule has 5 nitrogen and oxygen atoms in total. The van der Waals surface area contributed by atoms with Crippen molar-refractivity contribution in [3.63, 3.8) is 0 Å². The molecular formula is C14H22N2O3. The van der Waals surface area contributed by atoms with E-state index in [1.807, 2.05) is 0 Å². The fraction of sp³-hybridized carbons (Fsp3) is 0.571. The van der Waals surface area contributed by atoms with Crippen LogP contribution in [0.3, 0.4) is 0 Å². The number of ether oxygens (including phenoxy) is 1. The highest BCUT2D eigenvalue weighted by atomic mass is 16.6. The molecule has 0 bridgehead atoms. The maximum Gasteiger partial charge on any atom is 0.269 e. The summed E-state index contributed by atoms with van der Waals surface area (Å²) in [7, 11) is 0. The molecule has 0 amide bonds. The lowest BCUT2D eigenvalue weighted by Gasteiger charge is -2.18. The summed E-state index contributed by atoms with van der Waals surface area (Å²) in [5, 5.41) is 13.8. The highest BCUT2D eigenvalue weighted by Gasteiger charge is 2.08. The van der Waals surface area contributed by atoms with Gasteiger partial charge in [-0.05, 0) is 30.5 Å². The summed E-state index contributed by atoms with van der Waals surface area (Å²) in [6, 6.07) is 6.13. The second-order valence-corrected chi connectivity index (χ2v) is 5.66. The van der Waals surface area contributed by atoms with Gasteiger partial charge in [-0.1, -0.05) is 20.8 Å². The molecule has 0 radical (unpaired) electrons. The Balaban J connectivity index is 2.17. The summed E-state index contributed by atoms with van der Waals surface area (Å²) in [5.74, 6) is 0.656. The van der Waals surface area contributed by atoms with E-state index in [2.05, 4.69) is 26.1 Å². The van der Waals surface area contributed by atoms with Crippen LogP contribution in [0.5, 0.6) is 5.75 Å². The van der Waals surface area contributed by atoms with Crippen molar-refractivity contribution in [2.45, 2.75) is 27.2 Å². The van der Waals surface area contributed by atoms with Crippen molar-refractivity contribution in [1.82, 2.24) is 5.32 Å². The van der Waals surface area contributed by atoms with Crippen molar-refractivity contribution >= 4 is 5.69 Å². The zero-order valence-electron chi connectivity index (χ0n) is 11.8. The normalized spacial score (nSPS) is 11.3. The zero-order chi connectivity index (χ0) is 14.3. The second kappa shape index (κ2) is 7.09. The van der Waals surface area contributed by atoms with Crippen LogP contribution in [0, 0.1) is 15.5 Å². The van der Waals surface area contributed by atoms with E-state index in [0.717, 1.165) is 19.5 Å². The average Bonchev–Trinajstić information content (AvgIpc) is 2.33. The van der Waals surface area contributed by atoms with Gasteiger partial charge in [0.2, 0.25) is 0 Å². The van der Waals surface area contributed by atoms with Crippen LogP contribution in [0.2, 0.25) is 0 Å². The van der Waals surface area contributed by atoms with Crippen LogP contribution >= 0.6 is 0 Å². The molecule has 5 heteroatoms. The Bertz CT molecular complexity index is 396. The molecule has 0 heterocycles.